The molecule has 51 heavy (non-hydrogen) atoms. The summed E-state index contributed by atoms with van der Waals surface area (Å²) in [7, 11) is -8.49. The maximum absolute atomic E-state index is 13.1. The summed E-state index contributed by atoms with van der Waals surface area (Å²) in [5.74, 6) is 0. The van der Waals surface area contributed by atoms with Crippen LogP contribution in [-0.2, 0) is 43.3 Å². The lowest BCUT2D eigenvalue weighted by Crippen LogP contribution is -2.41. The van der Waals surface area contributed by atoms with E-state index in [0.717, 1.165) is 43.3 Å². The zero-order valence-corrected chi connectivity index (χ0v) is 33.1. The van der Waals surface area contributed by atoms with Crippen LogP contribution in [0.1, 0.15) is 75.6 Å². The van der Waals surface area contributed by atoms with Gasteiger partial charge in [0.05, 0.1) is 34.2 Å². The van der Waals surface area contributed by atoms with E-state index in [-0.39, 0.29) is 23.0 Å². The second-order valence-corrected chi connectivity index (χ2v) is 18.7. The van der Waals surface area contributed by atoms with Gasteiger partial charge in [-0.05, 0) is 131 Å². The molecule has 6 rings (SSSR count). The quantitative estimate of drug-likeness (QED) is 0.0762. The Balaban J connectivity index is 1.32. The van der Waals surface area contributed by atoms with Gasteiger partial charge < -0.3 is 9.31 Å². The van der Waals surface area contributed by atoms with Crippen molar-refractivity contribution in [2.24, 2.45) is 0 Å². The highest BCUT2D eigenvalue weighted by molar-refractivity contribution is 9.10. The van der Waals surface area contributed by atoms with Gasteiger partial charge in [-0.2, -0.15) is 16.8 Å². The van der Waals surface area contributed by atoms with Crippen LogP contribution in [0.5, 0.6) is 0 Å². The van der Waals surface area contributed by atoms with E-state index in [1.807, 2.05) is 53.7 Å². The summed E-state index contributed by atoms with van der Waals surface area (Å²) in [5.41, 5.74) is 5.35. The SMILES string of the molecule is Cc1ccc(S(=O)(=O)OCCCC2(CCCOS(=O)(=O)c3ccc(C)cc3)c3cc(Br)ccc3-c3ccc(B4OC(C)(C)C(C)(C)O4)cc32)cc1. The van der Waals surface area contributed by atoms with Gasteiger partial charge in [-0.15, -0.1) is 0 Å². The van der Waals surface area contributed by atoms with Gasteiger partial charge in [-0.25, -0.2) is 0 Å². The molecule has 0 unspecified atom stereocenters. The van der Waals surface area contributed by atoms with Crippen LogP contribution in [0.4, 0.5) is 0 Å². The largest absolute Gasteiger partial charge is 0.494 e. The fraction of sp³-hybridized carbons (Fsp3) is 0.385. The minimum Gasteiger partial charge on any atom is -0.399 e. The number of fused-ring (bicyclic) bond motifs is 3. The number of rotatable bonds is 13. The molecule has 0 aromatic heterocycles. The first kappa shape index (κ1) is 37.9. The molecule has 0 amide bonds. The molecule has 0 N–H and O–H groups in total. The molecule has 4 aromatic carbocycles. The number of hydrogen-bond acceptors (Lipinski definition) is 8. The molecular formula is C39H44BBrO8S2. The van der Waals surface area contributed by atoms with Gasteiger partial charge in [-0.1, -0.05) is 75.6 Å². The maximum Gasteiger partial charge on any atom is 0.494 e. The molecule has 0 spiro atoms. The summed E-state index contributed by atoms with van der Waals surface area (Å²) in [5, 5.41) is 0. The van der Waals surface area contributed by atoms with Gasteiger partial charge in [-0.3, -0.25) is 8.37 Å². The van der Waals surface area contributed by atoms with E-state index in [9.17, 15) is 16.8 Å². The van der Waals surface area contributed by atoms with Crippen molar-refractivity contribution >= 4 is 48.7 Å². The van der Waals surface area contributed by atoms with E-state index in [1.165, 1.54) is 0 Å². The van der Waals surface area contributed by atoms with Crippen molar-refractivity contribution in [3.05, 3.63) is 112 Å². The van der Waals surface area contributed by atoms with Gasteiger partial charge in [0.15, 0.2) is 0 Å². The Morgan fingerprint density at radius 3 is 1.53 bits per heavy atom. The van der Waals surface area contributed by atoms with E-state index in [0.29, 0.717) is 25.7 Å². The van der Waals surface area contributed by atoms with Crippen molar-refractivity contribution in [3.8, 4) is 11.1 Å². The van der Waals surface area contributed by atoms with Crippen LogP contribution >= 0.6 is 15.9 Å². The van der Waals surface area contributed by atoms with Gasteiger partial charge in [0.25, 0.3) is 20.2 Å². The molecule has 1 aliphatic heterocycles. The summed E-state index contributed by atoms with van der Waals surface area (Å²) in [4.78, 5) is 0.226. The zero-order chi connectivity index (χ0) is 36.8. The summed E-state index contributed by atoms with van der Waals surface area (Å²) >= 11 is 3.68. The molecule has 1 saturated heterocycles. The molecule has 0 bridgehead atoms. The Hall–Kier alpha value is -2.84. The van der Waals surface area contributed by atoms with E-state index in [2.05, 4.69) is 40.2 Å². The van der Waals surface area contributed by atoms with E-state index < -0.39 is 44.0 Å². The first-order valence-electron chi connectivity index (χ1n) is 17.2. The molecule has 1 aliphatic carbocycles. The highest BCUT2D eigenvalue weighted by Gasteiger charge is 2.52. The molecule has 8 nitrogen and oxygen atoms in total. The molecule has 4 aromatic rings. The lowest BCUT2D eigenvalue weighted by Gasteiger charge is -2.33. The fourth-order valence-electron chi connectivity index (χ4n) is 6.91. The number of aryl methyl sites for hydroxylation is 2. The van der Waals surface area contributed by atoms with Gasteiger partial charge in [0.2, 0.25) is 0 Å². The van der Waals surface area contributed by atoms with Gasteiger partial charge in [0, 0.05) is 9.89 Å². The third-order valence-electron chi connectivity index (χ3n) is 10.5. The van der Waals surface area contributed by atoms with Crippen LogP contribution in [0.25, 0.3) is 11.1 Å². The molecule has 0 saturated carbocycles. The monoisotopic (exact) mass is 794 g/mol. The molecule has 2 aliphatic rings. The average molecular weight is 796 g/mol. The van der Waals surface area contributed by atoms with E-state index in [4.69, 9.17) is 17.7 Å². The first-order valence-corrected chi connectivity index (χ1v) is 20.8. The highest BCUT2D eigenvalue weighted by atomic mass is 79.9. The smallest absolute Gasteiger partial charge is 0.399 e. The third kappa shape index (κ3) is 7.65. The Morgan fingerprint density at radius 1 is 0.627 bits per heavy atom. The van der Waals surface area contributed by atoms with E-state index >= 15 is 0 Å². The van der Waals surface area contributed by atoms with E-state index in [1.54, 1.807) is 48.5 Å². The van der Waals surface area contributed by atoms with Crippen LogP contribution in [0.3, 0.4) is 0 Å². The Kier molecular flexibility index (Phi) is 10.5. The van der Waals surface area contributed by atoms with Crippen molar-refractivity contribution < 1.29 is 34.5 Å². The summed E-state index contributed by atoms with van der Waals surface area (Å²) < 4.78 is 77.2. The predicted molar refractivity (Wildman–Crippen MR) is 203 cm³/mol. The van der Waals surface area contributed by atoms with Crippen molar-refractivity contribution in [1.29, 1.82) is 0 Å². The average Bonchev–Trinajstić information content (AvgIpc) is 3.46. The van der Waals surface area contributed by atoms with Crippen molar-refractivity contribution in [3.63, 3.8) is 0 Å². The van der Waals surface area contributed by atoms with Crippen molar-refractivity contribution in [2.75, 3.05) is 13.2 Å². The lowest BCUT2D eigenvalue weighted by molar-refractivity contribution is 0.00578. The maximum atomic E-state index is 13.1. The molecular weight excluding hydrogens is 751 g/mol. The minimum atomic E-state index is -3.95. The van der Waals surface area contributed by atoms with Crippen LogP contribution < -0.4 is 5.46 Å². The topological polar surface area (TPSA) is 105 Å². The molecule has 1 heterocycles. The zero-order valence-electron chi connectivity index (χ0n) is 29.9. The number of halogens is 1. The van der Waals surface area contributed by atoms with Crippen molar-refractivity contribution in [2.45, 2.75) is 93.6 Å². The second kappa shape index (κ2) is 14.2. The second-order valence-electron chi connectivity index (χ2n) is 14.6. The normalized spacial score (nSPS) is 17.4. The van der Waals surface area contributed by atoms with Crippen LogP contribution in [-0.4, -0.2) is 48.4 Å². The summed E-state index contributed by atoms with van der Waals surface area (Å²) in [6.07, 6.45) is 1.90. The van der Waals surface area contributed by atoms with Gasteiger partial charge in [0.1, 0.15) is 0 Å². The van der Waals surface area contributed by atoms with Crippen LogP contribution in [0.2, 0.25) is 0 Å². The third-order valence-corrected chi connectivity index (χ3v) is 13.6. The first-order chi connectivity index (χ1) is 23.9. The summed E-state index contributed by atoms with van der Waals surface area (Å²) in [6.45, 7) is 11.8. The van der Waals surface area contributed by atoms with Crippen molar-refractivity contribution in [1.82, 2.24) is 0 Å². The van der Waals surface area contributed by atoms with Gasteiger partial charge >= 0.3 is 7.12 Å². The Bertz CT molecular complexity index is 2030. The fourth-order valence-corrected chi connectivity index (χ4v) is 9.15. The number of hydrogen-bond donors (Lipinski definition) is 0. The Labute approximate surface area is 311 Å². The number of benzene rings is 4. The molecule has 0 radical (unpaired) electrons. The lowest BCUT2D eigenvalue weighted by atomic mass is 9.69. The highest BCUT2D eigenvalue weighted by Crippen LogP contribution is 2.54. The van der Waals surface area contributed by atoms with Crippen LogP contribution in [0.15, 0.2) is 99.2 Å². The molecule has 1 fully saturated rings. The molecule has 12 heteroatoms. The standard InChI is InChI=1S/C39H44BBrO8S2/c1-27-9-15-31(16-10-27)50(42,43)46-23-7-21-39(22-8-24-47-51(44,45)32-17-11-28(2)12-18-32)35-25-29(40-48-37(3,4)38(5,6)49-40)13-19-33(35)34-20-14-30(41)26-36(34)39/h9-20,25-26H,7-8,21-24H2,1-6H3. The predicted octanol–water partition coefficient (Wildman–Crippen LogP) is 8.00. The minimum absolute atomic E-state index is 0.0220. The molecule has 0 atom stereocenters. The Morgan fingerprint density at radius 2 is 1.06 bits per heavy atom. The van der Waals surface area contributed by atoms with Crippen LogP contribution in [0, 0.1) is 13.8 Å². The molecule has 270 valence electrons. The summed E-state index contributed by atoms with van der Waals surface area (Å²) in [6, 6.07) is 25.7.